The van der Waals surface area contributed by atoms with Crippen LogP contribution in [0.25, 0.3) is 11.0 Å². The van der Waals surface area contributed by atoms with Crippen molar-refractivity contribution in [2.75, 3.05) is 50.6 Å². The van der Waals surface area contributed by atoms with E-state index in [1.54, 1.807) is 19.2 Å². The van der Waals surface area contributed by atoms with Crippen molar-refractivity contribution >= 4 is 34.2 Å². The summed E-state index contributed by atoms with van der Waals surface area (Å²) in [5, 5.41) is 3.32. The standard InChI is InChI=1S/C31H36N6O3/c1-39-27-20-23(37-17-12-22(13-18-37)36-15-5-6-16-36)10-9-21(27)19-28-33-26-11-14-32-29(26)30(35-28)34-25-8-4-3-7-24(25)31(38)40-2/h3-4,7-11,14,20,22,32H,5-6,12-13,15-19H2,1-2H3,(H,33,34,35). The minimum atomic E-state index is -0.412. The number of ether oxygens (including phenoxy) is 2. The summed E-state index contributed by atoms with van der Waals surface area (Å²) in [7, 11) is 3.09. The summed E-state index contributed by atoms with van der Waals surface area (Å²) >= 11 is 0. The Balaban J connectivity index is 1.22. The zero-order chi connectivity index (χ0) is 27.5. The van der Waals surface area contributed by atoms with Gasteiger partial charge in [-0.2, -0.15) is 0 Å². The lowest BCUT2D eigenvalue weighted by molar-refractivity contribution is 0.0602. The zero-order valence-electron chi connectivity index (χ0n) is 23.2. The van der Waals surface area contributed by atoms with Gasteiger partial charge in [0.05, 0.1) is 31.0 Å². The Morgan fingerprint density at radius 3 is 2.60 bits per heavy atom. The first-order valence-corrected chi connectivity index (χ1v) is 14.1. The summed E-state index contributed by atoms with van der Waals surface area (Å²) in [5.41, 5.74) is 4.83. The number of aromatic nitrogens is 3. The van der Waals surface area contributed by atoms with Crippen LogP contribution in [0.3, 0.4) is 0 Å². The van der Waals surface area contributed by atoms with Crippen LogP contribution in [0.5, 0.6) is 5.75 Å². The molecular weight excluding hydrogens is 504 g/mol. The van der Waals surface area contributed by atoms with Crippen molar-refractivity contribution in [1.82, 2.24) is 19.9 Å². The smallest absolute Gasteiger partial charge is 0.339 e. The van der Waals surface area contributed by atoms with E-state index < -0.39 is 5.97 Å². The lowest BCUT2D eigenvalue weighted by Crippen LogP contribution is -2.43. The highest BCUT2D eigenvalue weighted by molar-refractivity contribution is 5.98. The van der Waals surface area contributed by atoms with E-state index in [0.29, 0.717) is 29.3 Å². The number of piperidine rings is 1. The second-order valence-electron chi connectivity index (χ2n) is 10.5. The van der Waals surface area contributed by atoms with Crippen LogP contribution in [-0.4, -0.2) is 72.3 Å². The SMILES string of the molecule is COC(=O)c1ccccc1Nc1nc(Cc2ccc(N3CCC(N4CCCC4)CC3)cc2OC)nc2cc[nH]c12. The molecule has 0 amide bonds. The highest BCUT2D eigenvalue weighted by Crippen LogP contribution is 2.32. The average Bonchev–Trinajstić information content (AvgIpc) is 3.70. The molecule has 0 unspecified atom stereocenters. The molecule has 2 aliphatic heterocycles. The number of carbonyl (C=O) groups excluding carboxylic acids is 1. The number of anilines is 3. The Hall–Kier alpha value is -4.11. The van der Waals surface area contributed by atoms with Gasteiger partial charge >= 0.3 is 5.97 Å². The number of aromatic amines is 1. The molecule has 0 radical (unpaired) electrons. The largest absolute Gasteiger partial charge is 0.496 e. The third kappa shape index (κ3) is 5.34. The van der Waals surface area contributed by atoms with E-state index in [4.69, 9.17) is 19.4 Å². The van der Waals surface area contributed by atoms with Crippen molar-refractivity contribution < 1.29 is 14.3 Å². The molecule has 2 aliphatic rings. The molecule has 6 rings (SSSR count). The van der Waals surface area contributed by atoms with E-state index in [9.17, 15) is 4.79 Å². The minimum Gasteiger partial charge on any atom is -0.496 e. The Morgan fingerprint density at radius 2 is 1.82 bits per heavy atom. The molecule has 4 heterocycles. The highest BCUT2D eigenvalue weighted by Gasteiger charge is 2.27. The maximum atomic E-state index is 12.3. The number of para-hydroxylation sites is 1. The molecule has 9 heteroatoms. The maximum absolute atomic E-state index is 12.3. The first kappa shape index (κ1) is 26.1. The van der Waals surface area contributed by atoms with Crippen molar-refractivity contribution in [3.05, 3.63) is 71.7 Å². The monoisotopic (exact) mass is 540 g/mol. The molecule has 40 heavy (non-hydrogen) atoms. The van der Waals surface area contributed by atoms with Gasteiger partial charge in [0.1, 0.15) is 17.1 Å². The topological polar surface area (TPSA) is 95.6 Å². The molecule has 4 aromatic rings. The van der Waals surface area contributed by atoms with Crippen molar-refractivity contribution in [2.45, 2.75) is 38.1 Å². The first-order valence-electron chi connectivity index (χ1n) is 14.1. The number of nitrogens with zero attached hydrogens (tertiary/aromatic N) is 4. The van der Waals surface area contributed by atoms with E-state index in [0.717, 1.165) is 41.5 Å². The number of carbonyl (C=O) groups is 1. The number of rotatable bonds is 8. The second-order valence-corrected chi connectivity index (χ2v) is 10.5. The number of nitrogens with one attached hydrogen (secondary N) is 2. The van der Waals surface area contributed by atoms with Gasteiger partial charge in [-0.1, -0.05) is 18.2 Å². The van der Waals surface area contributed by atoms with E-state index in [2.05, 4.69) is 38.3 Å². The van der Waals surface area contributed by atoms with Crippen LogP contribution >= 0.6 is 0 Å². The molecule has 2 aromatic heterocycles. The fourth-order valence-electron chi connectivity index (χ4n) is 6.01. The summed E-state index contributed by atoms with van der Waals surface area (Å²) < 4.78 is 10.8. The lowest BCUT2D eigenvalue weighted by atomic mass is 10.0. The molecule has 2 aromatic carbocycles. The van der Waals surface area contributed by atoms with Gasteiger partial charge in [0.25, 0.3) is 0 Å². The number of esters is 1. The maximum Gasteiger partial charge on any atom is 0.339 e. The van der Waals surface area contributed by atoms with E-state index in [1.165, 1.54) is 51.6 Å². The van der Waals surface area contributed by atoms with Gasteiger partial charge in [-0.3, -0.25) is 0 Å². The minimum absolute atomic E-state index is 0.412. The lowest BCUT2D eigenvalue weighted by Gasteiger charge is -2.38. The van der Waals surface area contributed by atoms with Gasteiger partial charge in [0.15, 0.2) is 5.82 Å². The van der Waals surface area contributed by atoms with Crippen LogP contribution in [-0.2, 0) is 11.2 Å². The molecule has 0 atom stereocenters. The predicted molar refractivity (Wildman–Crippen MR) is 157 cm³/mol. The van der Waals surface area contributed by atoms with Gasteiger partial charge in [0.2, 0.25) is 0 Å². The van der Waals surface area contributed by atoms with Crippen LogP contribution in [0.15, 0.2) is 54.7 Å². The molecular formula is C31H36N6O3. The molecule has 0 spiro atoms. The molecule has 0 aliphatic carbocycles. The number of benzene rings is 2. The summed E-state index contributed by atoms with van der Waals surface area (Å²) in [6.45, 7) is 4.66. The predicted octanol–water partition coefficient (Wildman–Crippen LogP) is 5.15. The van der Waals surface area contributed by atoms with Gasteiger partial charge in [-0.05, 0) is 63.0 Å². The van der Waals surface area contributed by atoms with Crippen molar-refractivity contribution in [1.29, 1.82) is 0 Å². The van der Waals surface area contributed by atoms with Crippen LogP contribution < -0.4 is 15.0 Å². The van der Waals surface area contributed by atoms with Crippen LogP contribution in [0, 0.1) is 0 Å². The normalized spacial score (nSPS) is 16.4. The van der Waals surface area contributed by atoms with Crippen molar-refractivity contribution in [2.24, 2.45) is 0 Å². The van der Waals surface area contributed by atoms with Crippen LogP contribution in [0.4, 0.5) is 17.2 Å². The van der Waals surface area contributed by atoms with Crippen LogP contribution in [0.1, 0.15) is 47.4 Å². The number of hydrogen-bond acceptors (Lipinski definition) is 8. The molecule has 208 valence electrons. The zero-order valence-corrected chi connectivity index (χ0v) is 23.2. The Bertz CT molecular complexity index is 1490. The molecule has 2 N–H and O–H groups in total. The summed E-state index contributed by atoms with van der Waals surface area (Å²) in [6.07, 6.45) is 7.46. The Labute approximate surface area is 234 Å². The number of hydrogen-bond donors (Lipinski definition) is 2. The van der Waals surface area contributed by atoms with Crippen LogP contribution in [0.2, 0.25) is 0 Å². The van der Waals surface area contributed by atoms with Crippen molar-refractivity contribution in [3.8, 4) is 5.75 Å². The Morgan fingerprint density at radius 1 is 1.02 bits per heavy atom. The first-order chi connectivity index (χ1) is 19.6. The summed E-state index contributed by atoms with van der Waals surface area (Å²) in [6, 6.07) is 16.3. The van der Waals surface area contributed by atoms with E-state index >= 15 is 0 Å². The highest BCUT2D eigenvalue weighted by atomic mass is 16.5. The molecule has 0 saturated carbocycles. The Kier molecular flexibility index (Phi) is 7.55. The third-order valence-corrected chi connectivity index (χ3v) is 8.14. The number of likely N-dealkylation sites (tertiary alicyclic amines) is 1. The van der Waals surface area contributed by atoms with Gasteiger partial charge in [-0.25, -0.2) is 14.8 Å². The second kappa shape index (κ2) is 11.6. The fraction of sp³-hybridized carbons (Fsp3) is 0.387. The number of methoxy groups -OCH3 is 2. The van der Waals surface area contributed by atoms with E-state index in [-0.39, 0.29) is 0 Å². The van der Waals surface area contributed by atoms with Gasteiger partial charge in [0, 0.05) is 49.1 Å². The number of H-pyrrole nitrogens is 1. The number of fused-ring (bicyclic) bond motifs is 1. The van der Waals surface area contributed by atoms with Gasteiger partial charge in [-0.15, -0.1) is 0 Å². The summed E-state index contributed by atoms with van der Waals surface area (Å²) in [5.74, 6) is 1.67. The fourth-order valence-corrected chi connectivity index (χ4v) is 6.01. The molecule has 2 fully saturated rings. The molecule has 9 nitrogen and oxygen atoms in total. The quantitative estimate of drug-likeness (QED) is 0.296. The van der Waals surface area contributed by atoms with Crippen molar-refractivity contribution in [3.63, 3.8) is 0 Å². The third-order valence-electron chi connectivity index (χ3n) is 8.14. The molecule has 2 saturated heterocycles. The molecule has 0 bridgehead atoms. The summed E-state index contributed by atoms with van der Waals surface area (Å²) in [4.78, 5) is 30.3. The average molecular weight is 541 g/mol. The van der Waals surface area contributed by atoms with Gasteiger partial charge < -0.3 is 29.6 Å². The van der Waals surface area contributed by atoms with E-state index in [1.807, 2.05) is 24.4 Å².